The summed E-state index contributed by atoms with van der Waals surface area (Å²) in [7, 11) is 0. The van der Waals surface area contributed by atoms with Crippen molar-refractivity contribution >= 4 is 39.4 Å². The molecule has 132 valence electrons. The third-order valence-corrected chi connectivity index (χ3v) is 4.67. The molecule has 0 aliphatic carbocycles. The number of oxime groups is 1. The zero-order valence-corrected chi connectivity index (χ0v) is 15.6. The number of nitro groups is 1. The van der Waals surface area contributed by atoms with E-state index >= 15 is 0 Å². The van der Waals surface area contributed by atoms with E-state index in [0.717, 1.165) is 10.0 Å². The van der Waals surface area contributed by atoms with Crippen LogP contribution in [0.15, 0.2) is 68.6 Å². The molecule has 0 fully saturated rings. The Bertz CT molecular complexity index is 971. The molecule has 0 saturated heterocycles. The van der Waals surface area contributed by atoms with Crippen LogP contribution in [-0.2, 0) is 11.4 Å². The van der Waals surface area contributed by atoms with Crippen molar-refractivity contribution in [1.82, 2.24) is 0 Å². The molecule has 3 aromatic rings. The summed E-state index contributed by atoms with van der Waals surface area (Å²) in [6.45, 7) is 0.119. The van der Waals surface area contributed by atoms with Crippen LogP contribution in [-0.4, -0.2) is 11.1 Å². The molecule has 3 rings (SSSR count). The molecule has 6 nitrogen and oxygen atoms in total. The Morgan fingerprint density at radius 2 is 2.08 bits per heavy atom. The van der Waals surface area contributed by atoms with Gasteiger partial charge in [0.25, 0.3) is 5.69 Å². The Morgan fingerprint density at radius 3 is 2.85 bits per heavy atom. The van der Waals surface area contributed by atoms with Crippen molar-refractivity contribution in [3.63, 3.8) is 0 Å². The lowest BCUT2D eigenvalue weighted by Crippen LogP contribution is -1.92. The summed E-state index contributed by atoms with van der Waals surface area (Å²) in [5.74, 6) is 1.16. The van der Waals surface area contributed by atoms with Gasteiger partial charge in [-0.2, -0.15) is 0 Å². The van der Waals surface area contributed by atoms with Crippen molar-refractivity contribution in [2.45, 2.75) is 6.61 Å². The number of halogens is 2. The van der Waals surface area contributed by atoms with E-state index in [4.69, 9.17) is 20.9 Å². The van der Waals surface area contributed by atoms with Gasteiger partial charge in [0, 0.05) is 22.2 Å². The third kappa shape index (κ3) is 4.50. The average Bonchev–Trinajstić information content (AvgIpc) is 3.10. The molecule has 1 aromatic heterocycles. The Hall–Kier alpha value is -2.64. The molecule has 0 aliphatic heterocycles. The molecule has 0 radical (unpaired) electrons. The van der Waals surface area contributed by atoms with Crippen LogP contribution in [0.2, 0.25) is 5.02 Å². The molecule has 0 atom stereocenters. The quantitative estimate of drug-likeness (QED) is 0.277. The van der Waals surface area contributed by atoms with Crippen LogP contribution in [0.5, 0.6) is 0 Å². The lowest BCUT2D eigenvalue weighted by atomic mass is 10.2. The largest absolute Gasteiger partial charge is 0.455 e. The summed E-state index contributed by atoms with van der Waals surface area (Å²) in [4.78, 5) is 15.5. The second kappa shape index (κ2) is 8.16. The van der Waals surface area contributed by atoms with E-state index < -0.39 is 4.92 Å². The van der Waals surface area contributed by atoms with Crippen LogP contribution in [0.4, 0.5) is 5.69 Å². The van der Waals surface area contributed by atoms with Crippen LogP contribution in [0.25, 0.3) is 11.3 Å². The van der Waals surface area contributed by atoms with Gasteiger partial charge in [-0.15, -0.1) is 0 Å². The molecule has 26 heavy (non-hydrogen) atoms. The van der Waals surface area contributed by atoms with Gasteiger partial charge in [0.1, 0.15) is 24.3 Å². The average molecular weight is 436 g/mol. The maximum atomic E-state index is 10.7. The number of nitrogens with zero attached hydrogens (tertiary/aromatic N) is 2. The predicted octanol–water partition coefficient (Wildman–Crippen LogP) is 5.82. The van der Waals surface area contributed by atoms with Crippen molar-refractivity contribution in [2.24, 2.45) is 5.16 Å². The van der Waals surface area contributed by atoms with Gasteiger partial charge in [0.2, 0.25) is 0 Å². The number of hydrogen-bond acceptors (Lipinski definition) is 5. The summed E-state index contributed by atoms with van der Waals surface area (Å²) < 4.78 is 6.49. The maximum Gasteiger partial charge on any atom is 0.269 e. The van der Waals surface area contributed by atoms with Crippen molar-refractivity contribution < 1.29 is 14.2 Å². The van der Waals surface area contributed by atoms with E-state index in [1.165, 1.54) is 18.3 Å². The molecular weight excluding hydrogens is 424 g/mol. The van der Waals surface area contributed by atoms with Crippen LogP contribution in [0, 0.1) is 10.1 Å². The number of nitro benzene ring substituents is 1. The minimum atomic E-state index is -0.453. The molecule has 0 saturated carbocycles. The van der Waals surface area contributed by atoms with Crippen LogP contribution >= 0.6 is 27.5 Å². The molecule has 2 aromatic carbocycles. The van der Waals surface area contributed by atoms with E-state index in [9.17, 15) is 10.1 Å². The first kappa shape index (κ1) is 18.2. The number of hydrogen-bond donors (Lipinski definition) is 0. The Morgan fingerprint density at radius 1 is 1.23 bits per heavy atom. The first-order valence-corrected chi connectivity index (χ1v) is 8.64. The predicted molar refractivity (Wildman–Crippen MR) is 102 cm³/mol. The van der Waals surface area contributed by atoms with Crippen LogP contribution in [0.1, 0.15) is 11.3 Å². The standard InChI is InChI=1S/C18H12BrClN2O4/c19-16-6-4-13(9-17(16)20)18-7-5-15(26-18)10-21-25-11-12-2-1-3-14(8-12)22(23)24/h1-10H,11H2/b21-10-. The third-order valence-electron chi connectivity index (χ3n) is 3.44. The van der Waals surface area contributed by atoms with E-state index in [1.54, 1.807) is 24.3 Å². The Labute approximate surface area is 162 Å². The summed E-state index contributed by atoms with van der Waals surface area (Å²) in [6, 6.07) is 15.3. The van der Waals surface area contributed by atoms with E-state index in [-0.39, 0.29) is 12.3 Å². The zero-order chi connectivity index (χ0) is 18.5. The van der Waals surface area contributed by atoms with Crippen molar-refractivity contribution in [3.8, 4) is 11.3 Å². The maximum absolute atomic E-state index is 10.7. The monoisotopic (exact) mass is 434 g/mol. The molecule has 0 aliphatic rings. The Balaban J connectivity index is 1.61. The minimum Gasteiger partial charge on any atom is -0.455 e. The van der Waals surface area contributed by atoms with Gasteiger partial charge in [-0.25, -0.2) is 0 Å². The summed E-state index contributed by atoms with van der Waals surface area (Å²) in [5.41, 5.74) is 1.51. The van der Waals surface area contributed by atoms with Crippen molar-refractivity contribution in [3.05, 3.63) is 85.5 Å². The van der Waals surface area contributed by atoms with Gasteiger partial charge in [-0.3, -0.25) is 10.1 Å². The molecular formula is C18H12BrClN2O4. The van der Waals surface area contributed by atoms with Crippen LogP contribution in [0.3, 0.4) is 0 Å². The van der Waals surface area contributed by atoms with Gasteiger partial charge in [0.15, 0.2) is 0 Å². The Kier molecular flexibility index (Phi) is 5.70. The number of furan rings is 1. The normalized spacial score (nSPS) is 11.0. The molecule has 0 bridgehead atoms. The molecule has 0 amide bonds. The molecule has 8 heteroatoms. The van der Waals surface area contributed by atoms with Gasteiger partial charge in [-0.05, 0) is 45.8 Å². The zero-order valence-electron chi connectivity index (χ0n) is 13.3. The topological polar surface area (TPSA) is 77.9 Å². The summed E-state index contributed by atoms with van der Waals surface area (Å²) in [5, 5.41) is 15.2. The SMILES string of the molecule is O=[N+]([O-])c1cccc(CO/N=C\c2ccc(-c3ccc(Br)c(Cl)c3)o2)c1. The lowest BCUT2D eigenvalue weighted by Gasteiger charge is -2.00. The first-order chi connectivity index (χ1) is 12.5. The second-order valence-corrected chi connectivity index (χ2v) is 6.53. The van der Waals surface area contributed by atoms with E-state index in [0.29, 0.717) is 22.1 Å². The van der Waals surface area contributed by atoms with Gasteiger partial charge in [-0.1, -0.05) is 35.0 Å². The highest BCUT2D eigenvalue weighted by Crippen LogP contribution is 2.29. The van der Waals surface area contributed by atoms with E-state index in [1.807, 2.05) is 18.2 Å². The number of non-ortho nitro benzene ring substituents is 1. The molecule has 1 heterocycles. The fourth-order valence-corrected chi connectivity index (χ4v) is 2.61. The fourth-order valence-electron chi connectivity index (χ4n) is 2.19. The molecule has 0 unspecified atom stereocenters. The van der Waals surface area contributed by atoms with E-state index in [2.05, 4.69) is 21.1 Å². The number of rotatable bonds is 6. The highest BCUT2D eigenvalue weighted by atomic mass is 79.9. The fraction of sp³-hybridized carbons (Fsp3) is 0.0556. The summed E-state index contributed by atoms with van der Waals surface area (Å²) in [6.07, 6.45) is 1.43. The lowest BCUT2D eigenvalue weighted by molar-refractivity contribution is -0.384. The smallest absolute Gasteiger partial charge is 0.269 e. The highest BCUT2D eigenvalue weighted by molar-refractivity contribution is 9.10. The van der Waals surface area contributed by atoms with Gasteiger partial charge in [0.05, 0.1) is 9.95 Å². The number of benzene rings is 2. The van der Waals surface area contributed by atoms with Gasteiger partial charge < -0.3 is 9.25 Å². The van der Waals surface area contributed by atoms with Crippen LogP contribution < -0.4 is 0 Å². The first-order valence-electron chi connectivity index (χ1n) is 7.47. The van der Waals surface area contributed by atoms with Gasteiger partial charge >= 0.3 is 0 Å². The summed E-state index contributed by atoms with van der Waals surface area (Å²) >= 11 is 9.43. The second-order valence-electron chi connectivity index (χ2n) is 5.27. The molecule has 0 spiro atoms. The highest BCUT2D eigenvalue weighted by Gasteiger charge is 2.07. The van der Waals surface area contributed by atoms with Crippen molar-refractivity contribution in [1.29, 1.82) is 0 Å². The molecule has 0 N–H and O–H groups in total. The van der Waals surface area contributed by atoms with Crippen molar-refractivity contribution in [2.75, 3.05) is 0 Å². The minimum absolute atomic E-state index is 0.0129.